The number of carboxylic acids is 1. The maximum atomic E-state index is 11.3. The Morgan fingerprint density at radius 3 is 2.48 bits per heavy atom. The van der Waals surface area contributed by atoms with Crippen molar-refractivity contribution in [1.29, 1.82) is 0 Å². The first kappa shape index (κ1) is 15.5. The number of nitrogens with zero attached hydrogens (tertiary/aromatic N) is 5. The zero-order valence-electron chi connectivity index (χ0n) is 13.6. The molecule has 7 nitrogen and oxygen atoms in total. The van der Waals surface area contributed by atoms with E-state index in [1.165, 1.54) is 0 Å². The van der Waals surface area contributed by atoms with E-state index in [4.69, 9.17) is 0 Å². The van der Waals surface area contributed by atoms with Crippen LogP contribution in [-0.4, -0.2) is 44.1 Å². The molecule has 1 fully saturated rings. The largest absolute Gasteiger partial charge is 0.481 e. The van der Waals surface area contributed by atoms with E-state index in [-0.39, 0.29) is 5.92 Å². The number of aromatic nitrogens is 4. The summed E-state index contributed by atoms with van der Waals surface area (Å²) in [6.45, 7) is 7.26. The fraction of sp³-hybridized carbons (Fsp3) is 0.500. The van der Waals surface area contributed by atoms with Crippen molar-refractivity contribution in [1.82, 2.24) is 20.0 Å². The second-order valence-electron chi connectivity index (χ2n) is 6.37. The summed E-state index contributed by atoms with van der Waals surface area (Å²) >= 11 is 0. The molecule has 2 aromatic rings. The van der Waals surface area contributed by atoms with Crippen LogP contribution in [0.3, 0.4) is 0 Å². The van der Waals surface area contributed by atoms with Crippen molar-refractivity contribution in [2.75, 3.05) is 18.0 Å². The van der Waals surface area contributed by atoms with Gasteiger partial charge in [0.2, 0.25) is 0 Å². The van der Waals surface area contributed by atoms with Crippen molar-refractivity contribution >= 4 is 11.8 Å². The highest BCUT2D eigenvalue weighted by atomic mass is 16.4. The van der Waals surface area contributed by atoms with Crippen molar-refractivity contribution in [3.05, 3.63) is 29.6 Å². The van der Waals surface area contributed by atoms with Gasteiger partial charge in [-0.2, -0.15) is 5.10 Å². The van der Waals surface area contributed by atoms with Gasteiger partial charge in [0.25, 0.3) is 0 Å². The lowest BCUT2D eigenvalue weighted by atomic mass is 9.90. The highest BCUT2D eigenvalue weighted by molar-refractivity contribution is 5.71. The fourth-order valence-corrected chi connectivity index (χ4v) is 3.18. The van der Waals surface area contributed by atoms with E-state index in [0.29, 0.717) is 30.5 Å². The maximum absolute atomic E-state index is 11.3. The number of carboxylic acid groups (broad SMARTS) is 1. The van der Waals surface area contributed by atoms with Crippen molar-refractivity contribution in [2.24, 2.45) is 11.8 Å². The van der Waals surface area contributed by atoms with Gasteiger partial charge < -0.3 is 10.0 Å². The monoisotopic (exact) mass is 315 g/mol. The third-order valence-corrected chi connectivity index (χ3v) is 4.20. The van der Waals surface area contributed by atoms with Crippen LogP contribution in [0.25, 0.3) is 5.82 Å². The van der Waals surface area contributed by atoms with Crippen LogP contribution in [-0.2, 0) is 4.79 Å². The Labute approximate surface area is 134 Å². The quantitative estimate of drug-likeness (QED) is 0.930. The predicted octanol–water partition coefficient (Wildman–Crippen LogP) is 1.83. The lowest BCUT2D eigenvalue weighted by molar-refractivity contribution is -0.142. The molecule has 1 aliphatic rings. The molecule has 3 heterocycles. The number of hydrogen-bond donors (Lipinski definition) is 1. The first-order valence-electron chi connectivity index (χ1n) is 7.79. The minimum atomic E-state index is -0.742. The molecule has 1 saturated heterocycles. The molecule has 2 unspecified atom stereocenters. The van der Waals surface area contributed by atoms with E-state index in [9.17, 15) is 9.90 Å². The summed E-state index contributed by atoms with van der Waals surface area (Å²) in [7, 11) is 0. The van der Waals surface area contributed by atoms with Gasteiger partial charge in [0.15, 0.2) is 11.6 Å². The first-order valence-corrected chi connectivity index (χ1v) is 7.79. The predicted molar refractivity (Wildman–Crippen MR) is 85.7 cm³/mol. The number of carbonyl (C=O) groups is 1. The first-order chi connectivity index (χ1) is 10.9. The van der Waals surface area contributed by atoms with Crippen LogP contribution >= 0.6 is 0 Å². The van der Waals surface area contributed by atoms with E-state index in [1.807, 2.05) is 36.9 Å². The second-order valence-corrected chi connectivity index (χ2v) is 6.37. The highest BCUT2D eigenvalue weighted by Gasteiger charge is 2.30. The third kappa shape index (κ3) is 3.18. The minimum Gasteiger partial charge on any atom is -0.481 e. The summed E-state index contributed by atoms with van der Waals surface area (Å²) in [4.78, 5) is 13.3. The standard InChI is InChI=1S/C16H21N5O2/c1-10-6-13(16(22)23)9-20(8-10)14-4-5-15(18-17-14)21-12(3)7-11(2)19-21/h4-5,7,10,13H,6,8-9H2,1-3H3,(H,22,23). The van der Waals surface area contributed by atoms with Crippen LogP contribution in [0.5, 0.6) is 0 Å². The molecule has 3 rings (SSSR count). The molecule has 0 saturated carbocycles. The summed E-state index contributed by atoms with van der Waals surface area (Å²) < 4.78 is 1.75. The van der Waals surface area contributed by atoms with Crippen LogP contribution in [0.15, 0.2) is 18.2 Å². The normalized spacial score (nSPS) is 21.4. The molecule has 0 spiro atoms. The molecule has 7 heteroatoms. The highest BCUT2D eigenvalue weighted by Crippen LogP contribution is 2.25. The minimum absolute atomic E-state index is 0.322. The van der Waals surface area contributed by atoms with Crippen molar-refractivity contribution in [3.63, 3.8) is 0 Å². The molecule has 0 radical (unpaired) electrons. The van der Waals surface area contributed by atoms with Gasteiger partial charge in [-0.3, -0.25) is 4.79 Å². The molecular formula is C16H21N5O2. The van der Waals surface area contributed by atoms with Gasteiger partial charge in [-0.15, -0.1) is 10.2 Å². The van der Waals surface area contributed by atoms with Crippen LogP contribution in [0, 0.1) is 25.7 Å². The summed E-state index contributed by atoms with van der Waals surface area (Å²) in [5, 5.41) is 22.2. The van der Waals surface area contributed by atoms with Gasteiger partial charge in [0.1, 0.15) is 0 Å². The Kier molecular flexibility index (Phi) is 4.02. The van der Waals surface area contributed by atoms with Crippen LogP contribution in [0.2, 0.25) is 0 Å². The third-order valence-electron chi connectivity index (χ3n) is 4.20. The molecule has 122 valence electrons. The number of rotatable bonds is 3. The van der Waals surface area contributed by atoms with Gasteiger partial charge in [0, 0.05) is 18.8 Å². The molecular weight excluding hydrogens is 294 g/mol. The van der Waals surface area contributed by atoms with Crippen molar-refractivity contribution in [2.45, 2.75) is 27.2 Å². The van der Waals surface area contributed by atoms with Crippen molar-refractivity contribution in [3.8, 4) is 5.82 Å². The molecule has 0 aliphatic carbocycles. The Balaban J connectivity index is 1.81. The number of piperidine rings is 1. The fourth-order valence-electron chi connectivity index (χ4n) is 3.18. The molecule has 0 bridgehead atoms. The van der Waals surface area contributed by atoms with Gasteiger partial charge in [0.05, 0.1) is 11.6 Å². The van der Waals surface area contributed by atoms with E-state index < -0.39 is 5.97 Å². The summed E-state index contributed by atoms with van der Waals surface area (Å²) in [6, 6.07) is 5.74. The molecule has 2 aromatic heterocycles. The van der Waals surface area contributed by atoms with E-state index >= 15 is 0 Å². The number of hydrogen-bond acceptors (Lipinski definition) is 5. The Morgan fingerprint density at radius 1 is 1.22 bits per heavy atom. The summed E-state index contributed by atoms with van der Waals surface area (Å²) in [6.07, 6.45) is 0.711. The van der Waals surface area contributed by atoms with Crippen molar-refractivity contribution < 1.29 is 9.90 Å². The number of anilines is 1. The van der Waals surface area contributed by atoms with Gasteiger partial charge in [-0.25, -0.2) is 4.68 Å². The molecule has 2 atom stereocenters. The van der Waals surface area contributed by atoms with E-state index in [2.05, 4.69) is 22.2 Å². The van der Waals surface area contributed by atoms with Crippen LogP contribution in [0.1, 0.15) is 24.7 Å². The molecule has 1 aliphatic heterocycles. The maximum Gasteiger partial charge on any atom is 0.308 e. The zero-order valence-corrected chi connectivity index (χ0v) is 13.6. The SMILES string of the molecule is Cc1cc(C)n(-c2ccc(N3CC(C)CC(C(=O)O)C3)nn2)n1. The lowest BCUT2D eigenvalue weighted by Crippen LogP contribution is -2.43. The average Bonchev–Trinajstić information content (AvgIpc) is 2.85. The summed E-state index contributed by atoms with van der Waals surface area (Å²) in [5.41, 5.74) is 1.93. The second kappa shape index (κ2) is 5.98. The average molecular weight is 315 g/mol. The topological polar surface area (TPSA) is 84.1 Å². The van der Waals surface area contributed by atoms with Gasteiger partial charge in [-0.1, -0.05) is 6.92 Å². The zero-order chi connectivity index (χ0) is 16.6. The Bertz CT molecular complexity index is 710. The van der Waals surface area contributed by atoms with E-state index in [1.54, 1.807) is 4.68 Å². The van der Waals surface area contributed by atoms with Gasteiger partial charge in [-0.05, 0) is 44.4 Å². The number of aliphatic carboxylic acids is 1. The van der Waals surface area contributed by atoms with Crippen LogP contribution in [0.4, 0.5) is 5.82 Å². The number of aryl methyl sites for hydroxylation is 2. The molecule has 0 amide bonds. The van der Waals surface area contributed by atoms with E-state index in [0.717, 1.165) is 17.9 Å². The lowest BCUT2D eigenvalue weighted by Gasteiger charge is -2.35. The Hall–Kier alpha value is -2.44. The molecule has 0 aromatic carbocycles. The summed E-state index contributed by atoms with van der Waals surface area (Å²) in [5.74, 6) is 0.611. The van der Waals surface area contributed by atoms with Gasteiger partial charge >= 0.3 is 5.97 Å². The molecule has 1 N–H and O–H groups in total. The van der Waals surface area contributed by atoms with Crippen LogP contribution < -0.4 is 4.90 Å². The smallest absolute Gasteiger partial charge is 0.308 e. The Morgan fingerprint density at radius 2 is 1.91 bits per heavy atom. The molecule has 23 heavy (non-hydrogen) atoms.